The molecule has 1 amide bonds. The molecule has 0 aliphatic carbocycles. The van der Waals surface area contributed by atoms with Crippen molar-refractivity contribution in [3.8, 4) is 17.2 Å². The van der Waals surface area contributed by atoms with Crippen LogP contribution in [-0.2, 0) is 24.8 Å². The number of benzene rings is 1. The fourth-order valence-corrected chi connectivity index (χ4v) is 3.82. The van der Waals surface area contributed by atoms with Crippen LogP contribution in [0.15, 0.2) is 12.1 Å². The molecule has 0 saturated heterocycles. The molecule has 1 aromatic heterocycles. The van der Waals surface area contributed by atoms with E-state index in [4.69, 9.17) is 18.9 Å². The third-order valence-corrected chi connectivity index (χ3v) is 5.15. The molecule has 2 heterocycles. The monoisotopic (exact) mass is 445 g/mol. The van der Waals surface area contributed by atoms with Gasteiger partial charge in [0, 0.05) is 36.8 Å². The van der Waals surface area contributed by atoms with Gasteiger partial charge in [-0.1, -0.05) is 0 Å². The third-order valence-electron chi connectivity index (χ3n) is 5.15. The van der Waals surface area contributed by atoms with E-state index in [9.17, 15) is 9.59 Å². The SMILES string of the molecule is CCOC(=O)c1nn(C)c2c1CN(C(=O)c1cc(OCC)c(OCC)c(OCC)c1)CC2. The lowest BCUT2D eigenvalue weighted by atomic mass is 10.0. The van der Waals surface area contributed by atoms with E-state index in [1.165, 1.54) is 0 Å². The molecule has 9 heteroatoms. The predicted molar refractivity (Wildman–Crippen MR) is 118 cm³/mol. The number of ether oxygens (including phenoxy) is 4. The van der Waals surface area contributed by atoms with E-state index >= 15 is 0 Å². The van der Waals surface area contributed by atoms with E-state index in [0.717, 1.165) is 11.3 Å². The first-order chi connectivity index (χ1) is 15.4. The highest BCUT2D eigenvalue weighted by Gasteiger charge is 2.31. The average molecular weight is 446 g/mol. The van der Waals surface area contributed by atoms with E-state index in [0.29, 0.717) is 55.6 Å². The Hall–Kier alpha value is -3.23. The van der Waals surface area contributed by atoms with E-state index in [1.54, 1.807) is 35.7 Å². The molecule has 174 valence electrons. The normalized spacial score (nSPS) is 12.8. The summed E-state index contributed by atoms with van der Waals surface area (Å²) in [5.41, 5.74) is 2.37. The van der Waals surface area contributed by atoms with Crippen molar-refractivity contribution in [2.75, 3.05) is 33.0 Å². The third kappa shape index (κ3) is 4.66. The quantitative estimate of drug-likeness (QED) is 0.548. The van der Waals surface area contributed by atoms with Crippen molar-refractivity contribution in [2.45, 2.75) is 40.7 Å². The number of nitrogens with zero attached hydrogens (tertiary/aromatic N) is 3. The van der Waals surface area contributed by atoms with Gasteiger partial charge >= 0.3 is 5.97 Å². The summed E-state index contributed by atoms with van der Waals surface area (Å²) in [6.45, 7) is 9.72. The molecule has 1 aliphatic rings. The summed E-state index contributed by atoms with van der Waals surface area (Å²) in [6, 6.07) is 3.37. The molecule has 0 unspecified atom stereocenters. The molecule has 9 nitrogen and oxygen atoms in total. The molecule has 0 spiro atoms. The molecule has 1 aliphatic heterocycles. The van der Waals surface area contributed by atoms with Crippen molar-refractivity contribution in [3.63, 3.8) is 0 Å². The van der Waals surface area contributed by atoms with Gasteiger partial charge in [0.15, 0.2) is 17.2 Å². The Balaban J connectivity index is 1.94. The number of fused-ring (bicyclic) bond motifs is 1. The van der Waals surface area contributed by atoms with Crippen LogP contribution in [0.25, 0.3) is 0 Å². The van der Waals surface area contributed by atoms with Crippen molar-refractivity contribution in [1.82, 2.24) is 14.7 Å². The minimum absolute atomic E-state index is 0.181. The molecule has 0 fully saturated rings. The Labute approximate surface area is 188 Å². The maximum Gasteiger partial charge on any atom is 0.359 e. The second-order valence-electron chi connectivity index (χ2n) is 7.20. The van der Waals surface area contributed by atoms with Gasteiger partial charge in [-0.15, -0.1) is 0 Å². The van der Waals surface area contributed by atoms with E-state index in [1.807, 2.05) is 20.8 Å². The molecule has 32 heavy (non-hydrogen) atoms. The summed E-state index contributed by atoms with van der Waals surface area (Å²) in [4.78, 5) is 27.5. The van der Waals surface area contributed by atoms with Crippen LogP contribution < -0.4 is 14.2 Å². The summed E-state index contributed by atoms with van der Waals surface area (Å²) in [6.07, 6.45) is 0.595. The number of carbonyl (C=O) groups is 2. The van der Waals surface area contributed by atoms with Crippen LogP contribution in [-0.4, -0.2) is 59.5 Å². The van der Waals surface area contributed by atoms with Crippen molar-refractivity contribution >= 4 is 11.9 Å². The van der Waals surface area contributed by atoms with E-state index < -0.39 is 5.97 Å². The number of amides is 1. The fraction of sp³-hybridized carbons (Fsp3) is 0.522. The molecule has 3 rings (SSSR count). The number of aromatic nitrogens is 2. The van der Waals surface area contributed by atoms with Crippen molar-refractivity contribution in [3.05, 3.63) is 34.6 Å². The smallest absolute Gasteiger partial charge is 0.359 e. The number of esters is 1. The Morgan fingerprint density at radius 2 is 1.59 bits per heavy atom. The first-order valence-electron chi connectivity index (χ1n) is 11.0. The van der Waals surface area contributed by atoms with Gasteiger partial charge in [0.25, 0.3) is 5.91 Å². The van der Waals surface area contributed by atoms with Crippen molar-refractivity contribution in [2.24, 2.45) is 7.05 Å². The van der Waals surface area contributed by atoms with Gasteiger partial charge in [-0.2, -0.15) is 5.10 Å². The minimum atomic E-state index is -0.475. The Bertz CT molecular complexity index is 957. The number of aryl methyl sites for hydroxylation is 1. The molecule has 0 saturated carbocycles. The lowest BCUT2D eigenvalue weighted by Gasteiger charge is -2.28. The number of hydrogen-bond acceptors (Lipinski definition) is 7. The topological polar surface area (TPSA) is 92.1 Å². The molecule has 0 bridgehead atoms. The molecule has 0 radical (unpaired) electrons. The maximum absolute atomic E-state index is 13.4. The number of rotatable bonds is 9. The summed E-state index contributed by atoms with van der Waals surface area (Å²) in [5, 5.41) is 4.33. The number of carbonyl (C=O) groups excluding carboxylic acids is 2. The van der Waals surface area contributed by atoms with Crippen LogP contribution in [0, 0.1) is 0 Å². The highest BCUT2D eigenvalue weighted by Crippen LogP contribution is 2.39. The molecular weight excluding hydrogens is 414 g/mol. The van der Waals surface area contributed by atoms with Gasteiger partial charge in [-0.25, -0.2) is 4.79 Å². The zero-order chi connectivity index (χ0) is 23.3. The van der Waals surface area contributed by atoms with Crippen LogP contribution >= 0.6 is 0 Å². The second kappa shape index (κ2) is 10.4. The molecule has 0 atom stereocenters. The molecular formula is C23H31N3O6. The van der Waals surface area contributed by atoms with Gasteiger partial charge in [0.2, 0.25) is 5.75 Å². The van der Waals surface area contributed by atoms with Gasteiger partial charge in [-0.05, 0) is 39.8 Å². The van der Waals surface area contributed by atoms with Gasteiger partial charge in [0.1, 0.15) is 0 Å². The molecule has 2 aromatic rings. The summed E-state index contributed by atoms with van der Waals surface area (Å²) < 4.78 is 24.1. The number of hydrogen-bond donors (Lipinski definition) is 0. The van der Waals surface area contributed by atoms with Gasteiger partial charge in [0.05, 0.1) is 33.0 Å². The first-order valence-corrected chi connectivity index (χ1v) is 11.0. The largest absolute Gasteiger partial charge is 0.490 e. The highest BCUT2D eigenvalue weighted by atomic mass is 16.5. The maximum atomic E-state index is 13.4. The fourth-order valence-electron chi connectivity index (χ4n) is 3.82. The standard InChI is InChI=1S/C23H31N3O6/c1-6-29-18-12-15(13-19(30-7-2)21(18)31-8-3)22(27)26-11-10-17-16(14-26)20(24-25(17)5)23(28)32-9-4/h12-13H,6-11,14H2,1-5H3. The molecule has 1 aromatic carbocycles. The lowest BCUT2D eigenvalue weighted by molar-refractivity contribution is 0.0513. The van der Waals surface area contributed by atoms with Crippen molar-refractivity contribution < 1.29 is 28.5 Å². The van der Waals surface area contributed by atoms with E-state index in [-0.39, 0.29) is 24.8 Å². The summed E-state index contributed by atoms with van der Waals surface area (Å²) >= 11 is 0. The zero-order valence-corrected chi connectivity index (χ0v) is 19.4. The van der Waals surface area contributed by atoms with E-state index in [2.05, 4.69) is 5.10 Å². The van der Waals surface area contributed by atoms with Gasteiger partial charge < -0.3 is 23.8 Å². The van der Waals surface area contributed by atoms with Crippen LogP contribution in [0.5, 0.6) is 17.2 Å². The molecule has 0 N–H and O–H groups in total. The average Bonchev–Trinajstić information content (AvgIpc) is 3.11. The lowest BCUT2D eigenvalue weighted by Crippen LogP contribution is -2.36. The van der Waals surface area contributed by atoms with Crippen molar-refractivity contribution in [1.29, 1.82) is 0 Å². The first kappa shape index (κ1) is 23.4. The predicted octanol–water partition coefficient (Wildman–Crippen LogP) is 2.99. The Kier molecular flexibility index (Phi) is 7.61. The minimum Gasteiger partial charge on any atom is -0.490 e. The zero-order valence-electron chi connectivity index (χ0n) is 19.4. The van der Waals surface area contributed by atoms with Crippen LogP contribution in [0.4, 0.5) is 0 Å². The Morgan fingerprint density at radius 3 is 2.16 bits per heavy atom. The summed E-state index contributed by atoms with van der Waals surface area (Å²) in [7, 11) is 1.80. The van der Waals surface area contributed by atoms with Crippen LogP contribution in [0.2, 0.25) is 0 Å². The van der Waals surface area contributed by atoms with Crippen LogP contribution in [0.1, 0.15) is 59.8 Å². The Morgan fingerprint density at radius 1 is 0.969 bits per heavy atom. The van der Waals surface area contributed by atoms with Gasteiger partial charge in [-0.3, -0.25) is 9.48 Å². The summed E-state index contributed by atoms with van der Waals surface area (Å²) in [5.74, 6) is 0.770. The second-order valence-corrected chi connectivity index (χ2v) is 7.20. The highest BCUT2D eigenvalue weighted by molar-refractivity contribution is 5.96. The van der Waals surface area contributed by atoms with Crippen LogP contribution in [0.3, 0.4) is 0 Å².